The third-order valence-corrected chi connectivity index (χ3v) is 6.41. The van der Waals surface area contributed by atoms with Gasteiger partial charge in [0.2, 0.25) is 5.91 Å². The van der Waals surface area contributed by atoms with Crippen LogP contribution in [-0.4, -0.2) is 74.3 Å². The average Bonchev–Trinajstić information content (AvgIpc) is 3.30. The topological polar surface area (TPSA) is 121 Å². The first kappa shape index (κ1) is 29.6. The lowest BCUT2D eigenvalue weighted by molar-refractivity contribution is -0.147. The molecule has 0 saturated carbocycles. The number of rotatable bonds is 10. The number of anilines is 1. The predicted octanol–water partition coefficient (Wildman–Crippen LogP) is 3.54. The number of nitrogens with zero attached hydrogens (tertiary/aromatic N) is 2. The minimum absolute atomic E-state index is 0.0108. The summed E-state index contributed by atoms with van der Waals surface area (Å²) >= 11 is 0. The van der Waals surface area contributed by atoms with Crippen LogP contribution in [0.4, 0.5) is 23.7 Å². The van der Waals surface area contributed by atoms with Crippen molar-refractivity contribution in [1.29, 1.82) is 0 Å². The van der Waals surface area contributed by atoms with Crippen molar-refractivity contribution < 1.29 is 37.0 Å². The fourth-order valence-corrected chi connectivity index (χ4v) is 4.33. The molecular formula is C28H29F3N4O6. The number of carbonyl (C=O) groups is 3. The summed E-state index contributed by atoms with van der Waals surface area (Å²) in [6.07, 6.45) is -6.24. The summed E-state index contributed by atoms with van der Waals surface area (Å²) in [5.41, 5.74) is -1.31. The summed E-state index contributed by atoms with van der Waals surface area (Å²) in [5.74, 6) is -0.882. The molecule has 0 bridgehead atoms. The Morgan fingerprint density at radius 2 is 1.88 bits per heavy atom. The zero-order chi connectivity index (χ0) is 29.7. The number of halogens is 3. The molecule has 1 aliphatic heterocycles. The number of likely N-dealkylation sites (N-methyl/N-ethyl adjacent to an activating group) is 1. The van der Waals surface area contributed by atoms with Crippen LogP contribution in [0.3, 0.4) is 0 Å². The monoisotopic (exact) mass is 574 g/mol. The van der Waals surface area contributed by atoms with Crippen molar-refractivity contribution in [3.05, 3.63) is 64.4 Å². The van der Waals surface area contributed by atoms with Crippen molar-refractivity contribution in [2.75, 3.05) is 45.2 Å². The van der Waals surface area contributed by atoms with Gasteiger partial charge in [0.05, 0.1) is 18.5 Å². The number of ether oxygens (including phenoxy) is 2. The summed E-state index contributed by atoms with van der Waals surface area (Å²) in [7, 11) is 3.75. The number of benzene rings is 2. The summed E-state index contributed by atoms with van der Waals surface area (Å²) in [6.45, 7) is 0.961. The van der Waals surface area contributed by atoms with E-state index in [-0.39, 0.29) is 48.5 Å². The van der Waals surface area contributed by atoms with Crippen molar-refractivity contribution in [3.8, 4) is 11.3 Å². The second-order valence-electron chi connectivity index (χ2n) is 9.78. The molecule has 2 aromatic carbocycles. The van der Waals surface area contributed by atoms with Gasteiger partial charge in [-0.25, -0.2) is 4.79 Å². The average molecular weight is 575 g/mol. The van der Waals surface area contributed by atoms with Crippen LogP contribution in [0.5, 0.6) is 0 Å². The smallest absolute Gasteiger partial charge is 0.417 e. The minimum atomic E-state index is -4.60. The molecule has 1 fully saturated rings. The van der Waals surface area contributed by atoms with Crippen molar-refractivity contribution >= 4 is 34.4 Å². The molecule has 10 nitrogen and oxygen atoms in total. The molecule has 13 heteroatoms. The van der Waals surface area contributed by atoms with E-state index in [1.54, 1.807) is 6.07 Å². The number of esters is 1. The van der Waals surface area contributed by atoms with Crippen molar-refractivity contribution in [2.45, 2.75) is 25.1 Å². The Bertz CT molecular complexity index is 1500. The number of hydrogen-bond acceptors (Lipinski definition) is 7. The number of carbonyl (C=O) groups excluding carboxylic acids is 3. The number of amides is 2. The number of fused-ring (bicyclic) bond motifs is 1. The molecule has 41 heavy (non-hydrogen) atoms. The lowest BCUT2D eigenvalue weighted by Crippen LogP contribution is -2.31. The summed E-state index contributed by atoms with van der Waals surface area (Å²) in [4.78, 5) is 54.9. The summed E-state index contributed by atoms with van der Waals surface area (Å²) in [6, 6.07) is 10.9. The van der Waals surface area contributed by atoms with Gasteiger partial charge in [-0.1, -0.05) is 24.3 Å². The zero-order valence-electron chi connectivity index (χ0n) is 22.4. The third kappa shape index (κ3) is 7.42. The molecule has 1 aliphatic rings. The van der Waals surface area contributed by atoms with Gasteiger partial charge >= 0.3 is 18.2 Å². The van der Waals surface area contributed by atoms with Crippen LogP contribution in [0.15, 0.2) is 53.3 Å². The first-order valence-corrected chi connectivity index (χ1v) is 12.8. The predicted molar refractivity (Wildman–Crippen MR) is 144 cm³/mol. The molecule has 0 radical (unpaired) electrons. The quantitative estimate of drug-likeness (QED) is 0.356. The number of cyclic esters (lactones) is 1. The van der Waals surface area contributed by atoms with E-state index < -0.39 is 35.5 Å². The fraction of sp³-hybridized carbons (Fsp3) is 0.357. The Morgan fingerprint density at radius 1 is 1.12 bits per heavy atom. The van der Waals surface area contributed by atoms with E-state index in [1.165, 1.54) is 41.3 Å². The molecule has 2 N–H and O–H groups in total. The Morgan fingerprint density at radius 3 is 2.61 bits per heavy atom. The SMILES string of the molecule is CN(C)CCNC(=O)CCC(=O)OCC1CN(c2ccc3cc(-c4ccccc4C(F)(F)F)[nH]c(=O)c3c2)C(=O)O1. The molecule has 1 aromatic heterocycles. The van der Waals surface area contributed by atoms with Crippen LogP contribution >= 0.6 is 0 Å². The third-order valence-electron chi connectivity index (χ3n) is 6.41. The molecule has 218 valence electrons. The van der Waals surface area contributed by atoms with Crippen LogP contribution < -0.4 is 15.8 Å². The molecule has 4 rings (SSSR count). The summed E-state index contributed by atoms with van der Waals surface area (Å²) < 4.78 is 50.9. The van der Waals surface area contributed by atoms with Crippen molar-refractivity contribution in [1.82, 2.24) is 15.2 Å². The number of aromatic nitrogens is 1. The van der Waals surface area contributed by atoms with E-state index in [0.717, 1.165) is 6.07 Å². The lowest BCUT2D eigenvalue weighted by Gasteiger charge is -2.15. The number of hydrogen-bond donors (Lipinski definition) is 2. The van der Waals surface area contributed by atoms with Crippen LogP contribution in [0.2, 0.25) is 0 Å². The zero-order valence-corrected chi connectivity index (χ0v) is 22.4. The van der Waals surface area contributed by atoms with Crippen molar-refractivity contribution in [3.63, 3.8) is 0 Å². The Balaban J connectivity index is 1.39. The Kier molecular flexibility index (Phi) is 8.96. The van der Waals surface area contributed by atoms with E-state index in [4.69, 9.17) is 9.47 Å². The second kappa shape index (κ2) is 12.4. The standard InChI is InChI=1S/C28H29F3N4O6/c1-34(2)12-11-32-24(36)9-10-25(37)40-16-19-15-35(27(39)41-19)18-8-7-17-13-23(33-26(38)21(17)14-18)20-5-3-4-6-22(20)28(29,30)31/h3-8,13-14,19H,9-12,15-16H2,1-2H3,(H,32,36)(H,33,38). The molecule has 2 amide bonds. The largest absolute Gasteiger partial charge is 0.462 e. The fourth-order valence-electron chi connectivity index (χ4n) is 4.33. The van der Waals surface area contributed by atoms with E-state index in [9.17, 15) is 32.3 Å². The maximum Gasteiger partial charge on any atom is 0.417 e. The van der Waals surface area contributed by atoms with Gasteiger partial charge in [-0.05, 0) is 43.7 Å². The van der Waals surface area contributed by atoms with E-state index in [1.807, 2.05) is 19.0 Å². The molecular weight excluding hydrogens is 545 g/mol. The van der Waals surface area contributed by atoms with E-state index in [2.05, 4.69) is 10.3 Å². The van der Waals surface area contributed by atoms with E-state index in [0.29, 0.717) is 24.2 Å². The molecule has 2 heterocycles. The van der Waals surface area contributed by atoms with Gasteiger partial charge in [-0.3, -0.25) is 19.3 Å². The van der Waals surface area contributed by atoms with Gasteiger partial charge < -0.3 is 24.7 Å². The van der Waals surface area contributed by atoms with Crippen molar-refractivity contribution in [2.24, 2.45) is 0 Å². The number of alkyl halides is 3. The molecule has 1 atom stereocenters. The number of H-pyrrole nitrogens is 1. The normalized spacial score (nSPS) is 15.3. The summed E-state index contributed by atoms with van der Waals surface area (Å²) in [5, 5.41) is 3.25. The maximum atomic E-state index is 13.5. The van der Waals surface area contributed by atoms with Crippen LogP contribution in [0.1, 0.15) is 18.4 Å². The molecule has 0 aliphatic carbocycles. The minimum Gasteiger partial charge on any atom is -0.462 e. The van der Waals surface area contributed by atoms with Crippen LogP contribution in [-0.2, 0) is 25.2 Å². The number of pyridine rings is 1. The van der Waals surface area contributed by atoms with Gasteiger partial charge in [0.1, 0.15) is 6.61 Å². The highest BCUT2D eigenvalue weighted by Crippen LogP contribution is 2.36. The van der Waals surface area contributed by atoms with Gasteiger partial charge in [-0.15, -0.1) is 0 Å². The highest BCUT2D eigenvalue weighted by Gasteiger charge is 2.35. The second-order valence-corrected chi connectivity index (χ2v) is 9.78. The highest BCUT2D eigenvalue weighted by atomic mass is 19.4. The first-order valence-electron chi connectivity index (χ1n) is 12.8. The van der Waals surface area contributed by atoms with Gasteiger partial charge in [0, 0.05) is 41.8 Å². The first-order chi connectivity index (χ1) is 19.4. The Hall–Kier alpha value is -4.39. The van der Waals surface area contributed by atoms with Gasteiger partial charge in [0.15, 0.2) is 6.10 Å². The highest BCUT2D eigenvalue weighted by molar-refractivity contribution is 5.95. The number of aromatic amines is 1. The van der Waals surface area contributed by atoms with Gasteiger partial charge in [-0.2, -0.15) is 13.2 Å². The molecule has 0 spiro atoms. The van der Waals surface area contributed by atoms with E-state index >= 15 is 0 Å². The lowest BCUT2D eigenvalue weighted by atomic mass is 10.0. The van der Waals surface area contributed by atoms with Crippen LogP contribution in [0, 0.1) is 0 Å². The Labute approximate surface area is 233 Å². The molecule has 1 saturated heterocycles. The maximum absolute atomic E-state index is 13.5. The molecule has 1 unspecified atom stereocenters. The number of nitrogens with one attached hydrogen (secondary N) is 2. The molecule has 3 aromatic rings. The van der Waals surface area contributed by atoms with Crippen LogP contribution in [0.25, 0.3) is 22.0 Å². The van der Waals surface area contributed by atoms with Gasteiger partial charge in [0.25, 0.3) is 5.56 Å².